The highest BCUT2D eigenvalue weighted by Gasteiger charge is 2.34. The van der Waals surface area contributed by atoms with Crippen LogP contribution in [0.3, 0.4) is 0 Å². The zero-order chi connectivity index (χ0) is 15.6. The van der Waals surface area contributed by atoms with Crippen LogP contribution >= 0.6 is 0 Å². The van der Waals surface area contributed by atoms with E-state index in [4.69, 9.17) is 4.74 Å². The highest BCUT2D eigenvalue weighted by Crippen LogP contribution is 2.40. The van der Waals surface area contributed by atoms with Gasteiger partial charge in [0.2, 0.25) is 5.91 Å². The summed E-state index contributed by atoms with van der Waals surface area (Å²) in [7, 11) is 0. The molecule has 0 N–H and O–H groups in total. The Hall–Kier alpha value is -1.84. The van der Waals surface area contributed by atoms with Crippen molar-refractivity contribution in [3.8, 4) is 0 Å². The lowest BCUT2D eigenvalue weighted by atomic mass is 9.92. The molecule has 0 bridgehead atoms. The van der Waals surface area contributed by atoms with Gasteiger partial charge in [0, 0.05) is 30.9 Å². The first-order valence-electron chi connectivity index (χ1n) is 7.60. The quantitative estimate of drug-likeness (QED) is 0.800. The number of carbonyl (C=O) groups is 2. The third-order valence-electron chi connectivity index (χ3n) is 3.92. The van der Waals surface area contributed by atoms with Crippen molar-refractivity contribution in [2.75, 3.05) is 4.90 Å². The van der Waals surface area contributed by atoms with Crippen molar-refractivity contribution in [1.82, 2.24) is 0 Å². The molecule has 0 spiro atoms. The average Bonchev–Trinajstić information content (AvgIpc) is 2.47. The molecule has 21 heavy (non-hydrogen) atoms. The molecular formula is C17H23NO3. The molecule has 2 atom stereocenters. The van der Waals surface area contributed by atoms with Crippen LogP contribution in [0.1, 0.15) is 57.3 Å². The first-order chi connectivity index (χ1) is 9.97. The van der Waals surface area contributed by atoms with Crippen LogP contribution < -0.4 is 4.90 Å². The van der Waals surface area contributed by atoms with Gasteiger partial charge in [-0.05, 0) is 19.9 Å². The Bertz CT molecular complexity index is 553. The Labute approximate surface area is 126 Å². The van der Waals surface area contributed by atoms with Gasteiger partial charge in [0.1, 0.15) is 6.10 Å². The molecule has 1 heterocycles. The van der Waals surface area contributed by atoms with E-state index in [1.165, 1.54) is 0 Å². The predicted octanol–water partition coefficient (Wildman–Crippen LogP) is 3.52. The summed E-state index contributed by atoms with van der Waals surface area (Å²) in [6.45, 7) is 7.66. The molecule has 0 fully saturated rings. The molecule has 0 aliphatic carbocycles. The van der Waals surface area contributed by atoms with E-state index in [0.717, 1.165) is 16.8 Å². The average molecular weight is 289 g/mol. The number of hydrogen-bond acceptors (Lipinski definition) is 3. The monoisotopic (exact) mass is 289 g/mol. The van der Waals surface area contributed by atoms with E-state index in [-0.39, 0.29) is 24.0 Å². The summed E-state index contributed by atoms with van der Waals surface area (Å²) >= 11 is 0. The molecule has 1 amide bonds. The van der Waals surface area contributed by atoms with Crippen molar-refractivity contribution in [2.24, 2.45) is 0 Å². The summed E-state index contributed by atoms with van der Waals surface area (Å²) in [6, 6.07) is 6.00. The standard InChI is InChI=1S/C17H23NO3/c1-5-16(19)18-12(4)10-15(21-17(20)6-2)13-9-11(3)7-8-14(13)18/h7-9,12,15H,5-6,10H2,1-4H3. The number of carbonyl (C=O) groups excluding carboxylic acids is 2. The number of hydrogen-bond donors (Lipinski definition) is 0. The van der Waals surface area contributed by atoms with E-state index in [9.17, 15) is 9.59 Å². The minimum atomic E-state index is -0.261. The molecule has 4 heteroatoms. The summed E-state index contributed by atoms with van der Waals surface area (Å²) in [4.78, 5) is 25.7. The first-order valence-corrected chi connectivity index (χ1v) is 7.60. The summed E-state index contributed by atoms with van der Waals surface area (Å²) in [6.07, 6.45) is 1.22. The number of esters is 1. The van der Waals surface area contributed by atoms with E-state index < -0.39 is 0 Å². The summed E-state index contributed by atoms with van der Waals surface area (Å²) in [5.41, 5.74) is 2.92. The van der Waals surface area contributed by atoms with Crippen molar-refractivity contribution < 1.29 is 14.3 Å². The Morgan fingerprint density at radius 1 is 1.29 bits per heavy atom. The van der Waals surface area contributed by atoms with Crippen molar-refractivity contribution in [1.29, 1.82) is 0 Å². The minimum absolute atomic E-state index is 0.0299. The molecule has 1 aromatic rings. The van der Waals surface area contributed by atoms with Gasteiger partial charge in [-0.2, -0.15) is 0 Å². The SMILES string of the molecule is CCC(=O)OC1CC(C)N(C(=O)CC)c2ccc(C)cc21. The fraction of sp³-hybridized carbons (Fsp3) is 0.529. The molecule has 1 aliphatic heterocycles. The molecule has 1 aliphatic rings. The summed E-state index contributed by atoms with van der Waals surface area (Å²) in [5.74, 6) is -0.0946. The maximum atomic E-state index is 12.2. The normalized spacial score (nSPS) is 20.9. The van der Waals surface area contributed by atoms with Crippen LogP contribution in [0.5, 0.6) is 0 Å². The molecule has 2 rings (SSSR count). The molecule has 0 radical (unpaired) electrons. The van der Waals surface area contributed by atoms with E-state index in [1.807, 2.05) is 43.9 Å². The Kier molecular flexibility index (Phi) is 4.66. The topological polar surface area (TPSA) is 46.6 Å². The van der Waals surface area contributed by atoms with Crippen LogP contribution in [-0.2, 0) is 14.3 Å². The summed E-state index contributed by atoms with van der Waals surface area (Å²) in [5, 5.41) is 0. The zero-order valence-electron chi connectivity index (χ0n) is 13.2. The number of anilines is 1. The Balaban J connectivity index is 2.44. The molecule has 4 nitrogen and oxygen atoms in total. The van der Waals surface area contributed by atoms with Gasteiger partial charge in [-0.3, -0.25) is 9.59 Å². The van der Waals surface area contributed by atoms with Gasteiger partial charge < -0.3 is 9.64 Å². The van der Waals surface area contributed by atoms with Gasteiger partial charge in [0.25, 0.3) is 0 Å². The largest absolute Gasteiger partial charge is 0.457 e. The van der Waals surface area contributed by atoms with Gasteiger partial charge in [-0.25, -0.2) is 0 Å². The van der Waals surface area contributed by atoms with E-state index >= 15 is 0 Å². The van der Waals surface area contributed by atoms with Gasteiger partial charge in [-0.1, -0.05) is 31.5 Å². The number of ether oxygens (including phenoxy) is 1. The van der Waals surface area contributed by atoms with E-state index in [2.05, 4.69) is 0 Å². The number of aryl methyl sites for hydroxylation is 1. The molecule has 114 valence electrons. The second-order valence-electron chi connectivity index (χ2n) is 5.60. The molecule has 0 saturated heterocycles. The van der Waals surface area contributed by atoms with Gasteiger partial charge in [-0.15, -0.1) is 0 Å². The number of rotatable bonds is 3. The van der Waals surface area contributed by atoms with Crippen molar-refractivity contribution in [2.45, 2.75) is 59.1 Å². The first kappa shape index (κ1) is 15.5. The van der Waals surface area contributed by atoms with Crippen LogP contribution in [-0.4, -0.2) is 17.9 Å². The summed E-state index contributed by atoms with van der Waals surface area (Å²) < 4.78 is 5.58. The van der Waals surface area contributed by atoms with Gasteiger partial charge >= 0.3 is 5.97 Å². The number of amides is 1. The maximum absolute atomic E-state index is 12.2. The number of benzene rings is 1. The van der Waals surface area contributed by atoms with Crippen molar-refractivity contribution >= 4 is 17.6 Å². The van der Waals surface area contributed by atoms with Gasteiger partial charge in [0.05, 0.1) is 5.69 Å². The molecule has 0 aromatic heterocycles. The lowest BCUT2D eigenvalue weighted by molar-refractivity contribution is -0.149. The van der Waals surface area contributed by atoms with Crippen molar-refractivity contribution in [3.05, 3.63) is 29.3 Å². The smallest absolute Gasteiger partial charge is 0.306 e. The fourth-order valence-corrected chi connectivity index (χ4v) is 2.83. The Morgan fingerprint density at radius 3 is 2.62 bits per heavy atom. The highest BCUT2D eigenvalue weighted by atomic mass is 16.5. The third kappa shape index (κ3) is 3.09. The van der Waals surface area contributed by atoms with Crippen LogP contribution in [0.2, 0.25) is 0 Å². The number of nitrogens with zero attached hydrogens (tertiary/aromatic N) is 1. The maximum Gasteiger partial charge on any atom is 0.306 e. The molecule has 2 unspecified atom stereocenters. The third-order valence-corrected chi connectivity index (χ3v) is 3.92. The zero-order valence-corrected chi connectivity index (χ0v) is 13.2. The lowest BCUT2D eigenvalue weighted by Crippen LogP contribution is -2.43. The molecular weight excluding hydrogens is 266 g/mol. The lowest BCUT2D eigenvalue weighted by Gasteiger charge is -2.39. The van der Waals surface area contributed by atoms with E-state index in [0.29, 0.717) is 19.3 Å². The fourth-order valence-electron chi connectivity index (χ4n) is 2.83. The molecule has 1 aromatic carbocycles. The van der Waals surface area contributed by atoms with Crippen molar-refractivity contribution in [3.63, 3.8) is 0 Å². The highest BCUT2D eigenvalue weighted by molar-refractivity contribution is 5.95. The Morgan fingerprint density at radius 2 is 2.00 bits per heavy atom. The van der Waals surface area contributed by atoms with Crippen LogP contribution in [0.15, 0.2) is 18.2 Å². The second-order valence-corrected chi connectivity index (χ2v) is 5.60. The number of fused-ring (bicyclic) bond motifs is 1. The molecule has 0 saturated carbocycles. The predicted molar refractivity (Wildman–Crippen MR) is 82.2 cm³/mol. The van der Waals surface area contributed by atoms with Crippen LogP contribution in [0.4, 0.5) is 5.69 Å². The minimum Gasteiger partial charge on any atom is -0.457 e. The van der Waals surface area contributed by atoms with Crippen LogP contribution in [0.25, 0.3) is 0 Å². The second kappa shape index (κ2) is 6.29. The van der Waals surface area contributed by atoms with Gasteiger partial charge in [0.15, 0.2) is 0 Å². The van der Waals surface area contributed by atoms with E-state index in [1.54, 1.807) is 6.92 Å². The van der Waals surface area contributed by atoms with Crippen LogP contribution in [0, 0.1) is 6.92 Å².